The predicted octanol–water partition coefficient (Wildman–Crippen LogP) is 17.4. The minimum atomic E-state index is 0. The standard InChI is InChI=1S/C17H25Cl.C15H21Cl.C14H19Cl.3H2/c1-2-3-4-5-14-6-8-15(9-7-14)16-10-12-17(18)13-11-16;1-2-3-12-4-6-13(7-5-12)14-8-10-15(16)11-9-14;1-2-11-3-5-12(6-4-11)13-7-9-14(15)10-8-13;;;/h10-15H,2-9H2,1H3;8-13H,2-7H2,1H3;7-12H,2-6H2,1H3;3*1H. The summed E-state index contributed by atoms with van der Waals surface area (Å²) in [6, 6.07) is 25.4. The summed E-state index contributed by atoms with van der Waals surface area (Å²) >= 11 is 17.8. The Hall–Kier alpha value is -1.47. The molecule has 0 heterocycles. The maximum Gasteiger partial charge on any atom is 0.0406 e. The van der Waals surface area contributed by atoms with Gasteiger partial charge in [-0.25, -0.2) is 0 Å². The van der Waals surface area contributed by atoms with E-state index in [1.807, 2.05) is 36.4 Å². The fraction of sp³-hybridized carbons (Fsp3) is 0.609. The smallest absolute Gasteiger partial charge is 0.0406 e. The first-order chi connectivity index (χ1) is 23.9. The third-order valence-corrected chi connectivity index (χ3v) is 12.8. The van der Waals surface area contributed by atoms with Crippen LogP contribution in [0.1, 0.15) is 181 Å². The van der Waals surface area contributed by atoms with Crippen molar-refractivity contribution in [2.75, 3.05) is 0 Å². The molecule has 0 bridgehead atoms. The van der Waals surface area contributed by atoms with Crippen molar-refractivity contribution in [2.24, 2.45) is 17.8 Å². The van der Waals surface area contributed by atoms with Gasteiger partial charge in [-0.1, -0.05) is 137 Å². The molecule has 3 saturated carbocycles. The van der Waals surface area contributed by atoms with Gasteiger partial charge >= 0.3 is 0 Å². The number of hydrogen-bond acceptors (Lipinski definition) is 0. The largest absolute Gasteiger partial charge is 0.0843 e. The number of hydrogen-bond donors (Lipinski definition) is 0. The van der Waals surface area contributed by atoms with E-state index in [-0.39, 0.29) is 4.28 Å². The molecular weight excluding hydrogens is 659 g/mol. The lowest BCUT2D eigenvalue weighted by molar-refractivity contribution is 0.303. The molecule has 0 aromatic heterocycles. The molecule has 0 aliphatic heterocycles. The van der Waals surface area contributed by atoms with Crippen molar-refractivity contribution in [3.8, 4) is 0 Å². The maximum atomic E-state index is 5.94. The van der Waals surface area contributed by atoms with Crippen molar-refractivity contribution in [3.05, 3.63) is 105 Å². The minimum Gasteiger partial charge on any atom is -0.0843 e. The monoisotopic (exact) mass is 728 g/mol. The van der Waals surface area contributed by atoms with E-state index in [4.69, 9.17) is 34.8 Å². The number of unbranched alkanes of at least 4 members (excludes halogenated alkanes) is 2. The summed E-state index contributed by atoms with van der Waals surface area (Å²) in [4.78, 5) is 0. The van der Waals surface area contributed by atoms with Crippen molar-refractivity contribution in [3.63, 3.8) is 0 Å². The van der Waals surface area contributed by atoms with Crippen molar-refractivity contribution < 1.29 is 4.28 Å². The Bertz CT molecular complexity index is 1270. The average Bonchev–Trinajstić information content (AvgIpc) is 3.14. The van der Waals surface area contributed by atoms with E-state index in [1.54, 1.807) is 0 Å². The molecule has 0 saturated heterocycles. The lowest BCUT2D eigenvalue weighted by Gasteiger charge is -2.28. The molecule has 0 atom stereocenters. The van der Waals surface area contributed by atoms with E-state index in [9.17, 15) is 0 Å². The van der Waals surface area contributed by atoms with Gasteiger partial charge in [-0.15, -0.1) is 0 Å². The van der Waals surface area contributed by atoms with Gasteiger partial charge in [0.2, 0.25) is 0 Å². The third kappa shape index (κ3) is 14.2. The van der Waals surface area contributed by atoms with Gasteiger partial charge in [0.05, 0.1) is 0 Å². The van der Waals surface area contributed by atoms with E-state index < -0.39 is 0 Å². The van der Waals surface area contributed by atoms with Crippen molar-refractivity contribution >= 4 is 34.8 Å². The summed E-state index contributed by atoms with van der Waals surface area (Å²) in [6.07, 6.45) is 26.5. The van der Waals surface area contributed by atoms with Crippen molar-refractivity contribution in [1.29, 1.82) is 0 Å². The highest BCUT2D eigenvalue weighted by molar-refractivity contribution is 6.31. The van der Waals surface area contributed by atoms with Crippen LogP contribution in [-0.2, 0) is 0 Å². The Morgan fingerprint density at radius 2 is 0.735 bits per heavy atom. The topological polar surface area (TPSA) is 0 Å². The van der Waals surface area contributed by atoms with E-state index in [0.717, 1.165) is 50.6 Å². The Morgan fingerprint density at radius 3 is 1.04 bits per heavy atom. The molecule has 0 amide bonds. The fourth-order valence-electron chi connectivity index (χ4n) is 8.77. The van der Waals surface area contributed by atoms with Gasteiger partial charge in [-0.3, -0.25) is 0 Å². The van der Waals surface area contributed by atoms with Gasteiger partial charge in [0.15, 0.2) is 0 Å². The lowest BCUT2D eigenvalue weighted by Crippen LogP contribution is -2.13. The van der Waals surface area contributed by atoms with Crippen LogP contribution in [0.5, 0.6) is 0 Å². The molecular formula is C46H71Cl3. The van der Waals surface area contributed by atoms with Gasteiger partial charge in [0.25, 0.3) is 0 Å². The van der Waals surface area contributed by atoms with Crippen LogP contribution in [-0.4, -0.2) is 0 Å². The van der Waals surface area contributed by atoms with Crippen LogP contribution in [0.25, 0.3) is 0 Å². The molecule has 3 aliphatic rings. The normalized spacial score (nSPS) is 25.3. The second kappa shape index (κ2) is 22.5. The summed E-state index contributed by atoms with van der Waals surface area (Å²) in [5.74, 6) is 5.32. The van der Waals surface area contributed by atoms with Crippen LogP contribution in [0.2, 0.25) is 15.1 Å². The molecule has 3 fully saturated rings. The van der Waals surface area contributed by atoms with Crippen LogP contribution in [0.4, 0.5) is 0 Å². The van der Waals surface area contributed by atoms with Crippen LogP contribution >= 0.6 is 34.8 Å². The molecule has 3 aromatic rings. The Kier molecular flexibility index (Phi) is 18.5. The molecule has 49 heavy (non-hydrogen) atoms. The summed E-state index contributed by atoms with van der Waals surface area (Å²) in [5.41, 5.74) is 4.46. The number of benzene rings is 3. The number of rotatable bonds is 10. The molecule has 276 valence electrons. The highest BCUT2D eigenvalue weighted by Gasteiger charge is 2.23. The predicted molar refractivity (Wildman–Crippen MR) is 224 cm³/mol. The first-order valence-corrected chi connectivity index (χ1v) is 21.3. The zero-order valence-electron chi connectivity index (χ0n) is 31.0. The van der Waals surface area contributed by atoms with Crippen molar-refractivity contribution in [2.45, 2.75) is 161 Å². The van der Waals surface area contributed by atoms with Gasteiger partial charge in [0.1, 0.15) is 0 Å². The molecule has 0 radical (unpaired) electrons. The van der Waals surface area contributed by atoms with E-state index >= 15 is 0 Å². The zero-order valence-corrected chi connectivity index (χ0v) is 33.2. The van der Waals surface area contributed by atoms with Crippen LogP contribution in [0, 0.1) is 17.8 Å². The lowest BCUT2D eigenvalue weighted by atomic mass is 9.77. The van der Waals surface area contributed by atoms with Gasteiger partial charge in [-0.2, -0.15) is 0 Å². The number of halogens is 3. The van der Waals surface area contributed by atoms with Gasteiger partial charge in [-0.05, 0) is 166 Å². The maximum absolute atomic E-state index is 5.94. The van der Waals surface area contributed by atoms with E-state index in [0.29, 0.717) is 0 Å². The van der Waals surface area contributed by atoms with Crippen LogP contribution in [0.15, 0.2) is 72.8 Å². The van der Waals surface area contributed by atoms with Gasteiger partial charge in [0, 0.05) is 19.3 Å². The van der Waals surface area contributed by atoms with Crippen LogP contribution < -0.4 is 0 Å². The molecule has 3 aromatic carbocycles. The average molecular weight is 730 g/mol. The first-order valence-electron chi connectivity index (χ1n) is 20.1. The summed E-state index contributed by atoms with van der Waals surface area (Å²) in [5, 5.41) is 2.55. The quantitative estimate of drug-likeness (QED) is 0.182. The van der Waals surface area contributed by atoms with E-state index in [1.165, 1.54) is 139 Å². The van der Waals surface area contributed by atoms with Crippen LogP contribution in [0.3, 0.4) is 0 Å². The third-order valence-electron chi connectivity index (χ3n) is 12.1. The SMILES string of the molecule is CCC1CCC(c2ccc(Cl)cc2)CC1.CCCC1CCC(c2ccc(Cl)cc2)CC1.CCCCCC1CCC(c2ccc(Cl)cc2)CC1.[HH].[HH].[HH]. The van der Waals surface area contributed by atoms with Gasteiger partial charge < -0.3 is 0 Å². The zero-order chi connectivity index (χ0) is 34.8. The Labute approximate surface area is 320 Å². The fourth-order valence-corrected chi connectivity index (χ4v) is 9.15. The molecule has 0 unspecified atom stereocenters. The summed E-state index contributed by atoms with van der Waals surface area (Å²) < 4.78 is 0. The summed E-state index contributed by atoms with van der Waals surface area (Å²) in [6.45, 7) is 6.90. The highest BCUT2D eigenvalue weighted by Crippen LogP contribution is 2.40. The van der Waals surface area contributed by atoms with Crippen molar-refractivity contribution in [1.82, 2.24) is 0 Å². The first kappa shape index (κ1) is 40.3. The Balaban J connectivity index is 0.000000381. The van der Waals surface area contributed by atoms with E-state index in [2.05, 4.69) is 57.2 Å². The molecule has 3 heteroatoms. The minimum absolute atomic E-state index is 0. The molecule has 6 rings (SSSR count). The molecule has 0 spiro atoms. The second-order valence-corrected chi connectivity index (χ2v) is 16.8. The molecule has 0 nitrogen and oxygen atoms in total. The highest BCUT2D eigenvalue weighted by atomic mass is 35.5. The Morgan fingerprint density at radius 1 is 0.408 bits per heavy atom. The molecule has 0 N–H and O–H groups in total. The summed E-state index contributed by atoms with van der Waals surface area (Å²) in [7, 11) is 0. The second-order valence-electron chi connectivity index (χ2n) is 15.5. The molecule has 3 aliphatic carbocycles.